The molecule has 0 amide bonds. The maximum atomic E-state index is 5.38. The van der Waals surface area contributed by atoms with Gasteiger partial charge < -0.3 is 9.47 Å². The van der Waals surface area contributed by atoms with Crippen molar-refractivity contribution in [3.05, 3.63) is 126 Å². The van der Waals surface area contributed by atoms with Crippen molar-refractivity contribution in [3.8, 4) is 11.5 Å². The predicted molar refractivity (Wildman–Crippen MR) is 157 cm³/mol. The third-order valence-electron chi connectivity index (χ3n) is 6.45. The molecule has 0 N–H and O–H groups in total. The Morgan fingerprint density at radius 3 is 1.89 bits per heavy atom. The average molecular weight is 511 g/mol. The zero-order chi connectivity index (χ0) is 24.8. The Morgan fingerprint density at radius 1 is 0.722 bits per heavy atom. The van der Waals surface area contributed by atoms with Crippen LogP contribution in [0.3, 0.4) is 0 Å². The van der Waals surface area contributed by atoms with Crippen LogP contribution in [0, 0.1) is 0 Å². The van der Waals surface area contributed by atoms with Crippen LogP contribution in [-0.4, -0.2) is 25.7 Å². The van der Waals surface area contributed by atoms with Crippen molar-refractivity contribution in [1.82, 2.24) is 0 Å². The summed E-state index contributed by atoms with van der Waals surface area (Å²) >= 11 is 4.08. The van der Waals surface area contributed by atoms with Crippen LogP contribution in [0.5, 0.6) is 11.5 Å². The van der Waals surface area contributed by atoms with E-state index in [9.17, 15) is 0 Å². The molecule has 0 bridgehead atoms. The van der Waals surface area contributed by atoms with Gasteiger partial charge in [0.25, 0.3) is 0 Å². The van der Waals surface area contributed by atoms with Gasteiger partial charge in [-0.25, -0.2) is 0 Å². The highest BCUT2D eigenvalue weighted by atomic mass is 32.2. The molecule has 0 atom stereocenters. The smallest absolute Gasteiger partial charge is 0.118 e. The molecule has 36 heavy (non-hydrogen) atoms. The lowest BCUT2D eigenvalue weighted by Crippen LogP contribution is -2.20. The number of rotatable bonds is 7. The number of hydrogen-bond donors (Lipinski definition) is 0. The van der Waals surface area contributed by atoms with E-state index in [0.717, 1.165) is 39.7 Å². The first-order valence-electron chi connectivity index (χ1n) is 12.2. The number of ether oxygens (including phenoxy) is 2. The molecule has 1 aliphatic heterocycles. The molecule has 1 fully saturated rings. The first-order chi connectivity index (χ1) is 17.7. The molecule has 4 aromatic rings. The van der Waals surface area contributed by atoms with Gasteiger partial charge in [0.15, 0.2) is 0 Å². The van der Waals surface area contributed by atoms with Crippen LogP contribution in [0.2, 0.25) is 0 Å². The van der Waals surface area contributed by atoms with Crippen molar-refractivity contribution in [3.63, 3.8) is 0 Å². The minimum Gasteiger partial charge on any atom is -0.497 e. The number of allylic oxidation sites excluding steroid dienone is 2. The second-order valence-electron chi connectivity index (χ2n) is 8.68. The Bertz CT molecular complexity index is 1320. The van der Waals surface area contributed by atoms with E-state index in [1.165, 1.54) is 22.8 Å². The van der Waals surface area contributed by atoms with Crippen molar-refractivity contribution in [1.29, 1.82) is 0 Å². The minimum atomic E-state index is -0.0935. The Balaban J connectivity index is 1.54. The summed E-state index contributed by atoms with van der Waals surface area (Å²) in [6, 6.07) is 32.1. The molecule has 1 aliphatic rings. The van der Waals surface area contributed by atoms with Gasteiger partial charge in [-0.15, -0.1) is 23.5 Å². The summed E-state index contributed by atoms with van der Waals surface area (Å²) in [5.74, 6) is 4.04. The van der Waals surface area contributed by atoms with Gasteiger partial charge in [0.2, 0.25) is 0 Å². The number of benzene rings is 4. The topological polar surface area (TPSA) is 18.5 Å². The normalized spacial score (nSPS) is 15.1. The molecular formula is C32H30O2S2. The summed E-state index contributed by atoms with van der Waals surface area (Å²) < 4.78 is 10.7. The lowest BCUT2D eigenvalue weighted by molar-refractivity contribution is 0.414. The maximum absolute atomic E-state index is 5.38. The molecule has 0 radical (unpaired) electrons. The molecule has 1 saturated heterocycles. The van der Waals surface area contributed by atoms with Crippen LogP contribution in [0.1, 0.15) is 23.1 Å². The number of thioether (sulfide) groups is 2. The minimum absolute atomic E-state index is 0.0935. The summed E-state index contributed by atoms with van der Waals surface area (Å²) in [6.07, 6.45) is 8.11. The Hall–Kier alpha value is -3.08. The largest absolute Gasteiger partial charge is 0.497 e. The fraction of sp³-hybridized carbons (Fsp3) is 0.188. The average Bonchev–Trinajstić information content (AvgIpc) is 2.96. The highest BCUT2D eigenvalue weighted by Crippen LogP contribution is 2.52. The summed E-state index contributed by atoms with van der Waals surface area (Å²) in [4.78, 5) is 0. The van der Waals surface area contributed by atoms with Crippen LogP contribution >= 0.6 is 23.5 Å². The molecule has 4 heteroatoms. The van der Waals surface area contributed by atoms with Crippen LogP contribution in [0.25, 0.3) is 16.3 Å². The number of fused-ring (bicyclic) bond motifs is 1. The highest BCUT2D eigenvalue weighted by molar-refractivity contribution is 8.18. The summed E-state index contributed by atoms with van der Waals surface area (Å²) in [6.45, 7) is 0. The Morgan fingerprint density at radius 2 is 1.31 bits per heavy atom. The van der Waals surface area contributed by atoms with E-state index >= 15 is 0 Å². The van der Waals surface area contributed by atoms with E-state index in [2.05, 4.69) is 85.0 Å². The van der Waals surface area contributed by atoms with E-state index in [0.29, 0.717) is 0 Å². The number of hydrogen-bond acceptors (Lipinski definition) is 4. The van der Waals surface area contributed by atoms with E-state index in [1.54, 1.807) is 14.2 Å². The van der Waals surface area contributed by atoms with Gasteiger partial charge in [0, 0.05) is 0 Å². The highest BCUT2D eigenvalue weighted by Gasteiger charge is 2.33. The fourth-order valence-corrected chi connectivity index (χ4v) is 7.62. The van der Waals surface area contributed by atoms with Crippen LogP contribution in [0.15, 0.2) is 109 Å². The number of methoxy groups -OCH3 is 2. The fourth-order valence-electron chi connectivity index (χ4n) is 4.48. The van der Waals surface area contributed by atoms with Gasteiger partial charge in [-0.05, 0) is 81.3 Å². The Kier molecular flexibility index (Phi) is 7.74. The molecule has 1 heterocycles. The zero-order valence-electron chi connectivity index (χ0n) is 20.6. The van der Waals surface area contributed by atoms with Crippen molar-refractivity contribution in [2.24, 2.45) is 0 Å². The second kappa shape index (κ2) is 11.3. The summed E-state index contributed by atoms with van der Waals surface area (Å²) in [5.41, 5.74) is 4.82. The second-order valence-corrected chi connectivity index (χ2v) is 11.6. The SMILES string of the molecule is COc1ccc(C(=CC=CC2(c3ccc4ccccc4c3)SCCCS2)c2ccc(OC)cc2)cc1. The van der Waals surface area contributed by atoms with Gasteiger partial charge in [-0.1, -0.05) is 78.9 Å². The first kappa shape index (κ1) is 24.6. The zero-order valence-corrected chi connectivity index (χ0v) is 22.3. The third-order valence-corrected chi connectivity index (χ3v) is 9.75. The van der Waals surface area contributed by atoms with Crippen LogP contribution < -0.4 is 9.47 Å². The van der Waals surface area contributed by atoms with Crippen molar-refractivity contribution in [2.45, 2.75) is 10.5 Å². The van der Waals surface area contributed by atoms with Crippen LogP contribution in [0.4, 0.5) is 0 Å². The van der Waals surface area contributed by atoms with Gasteiger partial charge in [-0.3, -0.25) is 0 Å². The Labute approximate surface area is 222 Å². The van der Waals surface area contributed by atoms with Crippen LogP contribution in [-0.2, 0) is 4.08 Å². The molecule has 0 aliphatic carbocycles. The van der Waals surface area contributed by atoms with Gasteiger partial charge >= 0.3 is 0 Å². The van der Waals surface area contributed by atoms with E-state index < -0.39 is 0 Å². The molecule has 5 rings (SSSR count). The maximum Gasteiger partial charge on any atom is 0.118 e. The molecule has 0 aromatic heterocycles. The lowest BCUT2D eigenvalue weighted by atomic mass is 9.97. The monoisotopic (exact) mass is 510 g/mol. The van der Waals surface area contributed by atoms with E-state index in [-0.39, 0.29) is 4.08 Å². The molecule has 0 saturated carbocycles. The van der Waals surface area contributed by atoms with Gasteiger partial charge in [0.05, 0.1) is 14.2 Å². The van der Waals surface area contributed by atoms with E-state index in [1.807, 2.05) is 47.8 Å². The van der Waals surface area contributed by atoms with Crippen molar-refractivity contribution < 1.29 is 9.47 Å². The lowest BCUT2D eigenvalue weighted by Gasteiger charge is -2.34. The van der Waals surface area contributed by atoms with Gasteiger partial charge in [0.1, 0.15) is 15.6 Å². The van der Waals surface area contributed by atoms with E-state index in [4.69, 9.17) is 9.47 Å². The molecule has 0 unspecified atom stereocenters. The third kappa shape index (κ3) is 5.35. The molecule has 2 nitrogen and oxygen atoms in total. The van der Waals surface area contributed by atoms with Crippen molar-refractivity contribution in [2.75, 3.05) is 25.7 Å². The molecular weight excluding hydrogens is 480 g/mol. The molecule has 4 aromatic carbocycles. The first-order valence-corrected chi connectivity index (χ1v) is 14.1. The summed E-state index contributed by atoms with van der Waals surface area (Å²) in [7, 11) is 3.40. The quantitative estimate of drug-likeness (QED) is 0.232. The molecule has 0 spiro atoms. The standard InChI is InChI=1S/C32H30O2S2/c1-33-29-16-11-25(12-17-29)31(26-13-18-30(34-2)19-14-26)9-5-20-32(35-21-6-22-36-32)28-15-10-24-7-3-4-8-27(24)23-28/h3-5,7-20,23H,6,21-22H2,1-2H3. The predicted octanol–water partition coefficient (Wildman–Crippen LogP) is 8.57. The summed E-state index contributed by atoms with van der Waals surface area (Å²) in [5, 5.41) is 2.58. The van der Waals surface area contributed by atoms with Gasteiger partial charge in [-0.2, -0.15) is 0 Å². The molecule has 182 valence electrons. The van der Waals surface area contributed by atoms with Crippen molar-refractivity contribution >= 4 is 39.9 Å².